The minimum atomic E-state index is 0.290. The van der Waals surface area contributed by atoms with Gasteiger partial charge in [-0.2, -0.15) is 0 Å². The van der Waals surface area contributed by atoms with E-state index in [0.717, 1.165) is 0 Å². The molecule has 0 bridgehead atoms. The van der Waals surface area contributed by atoms with Crippen molar-refractivity contribution in [3.05, 3.63) is 59.7 Å². The van der Waals surface area contributed by atoms with Crippen molar-refractivity contribution >= 4 is 11.8 Å². The van der Waals surface area contributed by atoms with E-state index in [0.29, 0.717) is 5.41 Å². The minimum Gasteiger partial charge on any atom is -0.0901 e. The van der Waals surface area contributed by atoms with E-state index in [4.69, 9.17) is 0 Å². The molecule has 1 heteroatoms. The van der Waals surface area contributed by atoms with Crippen molar-refractivity contribution in [3.63, 3.8) is 0 Å². The highest BCUT2D eigenvalue weighted by Crippen LogP contribution is 2.47. The zero-order valence-corrected chi connectivity index (χ0v) is 14.3. The Morgan fingerprint density at radius 3 is 2.00 bits per heavy atom. The molecule has 0 saturated carbocycles. The Bertz CT molecular complexity index is 638. The van der Waals surface area contributed by atoms with E-state index >= 15 is 0 Å². The molecule has 1 aliphatic rings. The average molecular weight is 296 g/mol. The fourth-order valence-electron chi connectivity index (χ4n) is 3.26. The smallest absolute Gasteiger partial charge is 0.0125 e. The molecule has 1 aliphatic carbocycles. The predicted molar refractivity (Wildman–Crippen MR) is 92.3 cm³/mol. The van der Waals surface area contributed by atoms with Gasteiger partial charge in [0.1, 0.15) is 0 Å². The summed E-state index contributed by atoms with van der Waals surface area (Å²) < 4.78 is 0. The molecule has 0 aliphatic heterocycles. The van der Waals surface area contributed by atoms with Gasteiger partial charge in [-0.1, -0.05) is 63.7 Å². The van der Waals surface area contributed by atoms with Crippen LogP contribution >= 0.6 is 11.8 Å². The Labute approximate surface area is 133 Å². The van der Waals surface area contributed by atoms with E-state index in [1.165, 1.54) is 28.2 Å². The van der Waals surface area contributed by atoms with Crippen molar-refractivity contribution in [1.29, 1.82) is 0 Å². The summed E-state index contributed by atoms with van der Waals surface area (Å²) in [6.45, 7) is 9.53. The molecule has 0 unspecified atom stereocenters. The Hall–Kier alpha value is -1.21. The lowest BCUT2D eigenvalue weighted by molar-refractivity contribution is 0.331. The summed E-state index contributed by atoms with van der Waals surface area (Å²) in [6.07, 6.45) is 2.55. The van der Waals surface area contributed by atoms with E-state index in [9.17, 15) is 0 Å². The topological polar surface area (TPSA) is 0 Å². The van der Waals surface area contributed by atoms with Gasteiger partial charge < -0.3 is 0 Å². The van der Waals surface area contributed by atoms with Gasteiger partial charge in [-0.3, -0.25) is 0 Å². The van der Waals surface area contributed by atoms with Gasteiger partial charge in [0.15, 0.2) is 0 Å². The Kier molecular flexibility index (Phi) is 3.65. The Morgan fingerprint density at radius 1 is 0.714 bits per heavy atom. The number of hydrogen-bond donors (Lipinski definition) is 0. The molecular weight excluding hydrogens is 272 g/mol. The average Bonchev–Trinajstić information content (AvgIpc) is 2.45. The molecule has 0 nitrogen and oxygen atoms in total. The minimum absolute atomic E-state index is 0.290. The van der Waals surface area contributed by atoms with Crippen molar-refractivity contribution in [2.24, 2.45) is 0 Å². The molecule has 0 heterocycles. The molecule has 0 spiro atoms. The standard InChI is InChI=1S/C20H24S/c1-19(2)12-13-20(3,4)18-14-16(10-11-17(18)19)21-15-8-6-5-7-9-15/h5-11,14H,12-13H2,1-4H3. The number of benzene rings is 2. The van der Waals surface area contributed by atoms with Crippen LogP contribution in [0.15, 0.2) is 58.3 Å². The fraction of sp³-hybridized carbons (Fsp3) is 0.400. The van der Waals surface area contributed by atoms with Crippen molar-refractivity contribution in [2.45, 2.75) is 61.2 Å². The molecule has 0 aromatic heterocycles. The molecule has 110 valence electrons. The Balaban J connectivity index is 2.00. The highest BCUT2D eigenvalue weighted by molar-refractivity contribution is 7.99. The summed E-state index contributed by atoms with van der Waals surface area (Å²) >= 11 is 1.86. The van der Waals surface area contributed by atoms with Crippen LogP contribution in [0.5, 0.6) is 0 Å². The van der Waals surface area contributed by atoms with Crippen LogP contribution in [0.1, 0.15) is 51.7 Å². The summed E-state index contributed by atoms with van der Waals surface area (Å²) in [7, 11) is 0. The van der Waals surface area contributed by atoms with Gasteiger partial charge in [0.05, 0.1) is 0 Å². The summed E-state index contributed by atoms with van der Waals surface area (Å²) in [4.78, 5) is 2.66. The van der Waals surface area contributed by atoms with Gasteiger partial charge >= 0.3 is 0 Å². The van der Waals surface area contributed by atoms with Gasteiger partial charge in [0.25, 0.3) is 0 Å². The van der Waals surface area contributed by atoms with Crippen LogP contribution < -0.4 is 0 Å². The second-order valence-corrected chi connectivity index (χ2v) is 8.54. The van der Waals surface area contributed by atoms with E-state index < -0.39 is 0 Å². The van der Waals surface area contributed by atoms with E-state index in [2.05, 4.69) is 76.2 Å². The highest BCUT2D eigenvalue weighted by atomic mass is 32.2. The SMILES string of the molecule is CC1(C)CCC(C)(C)c2cc(Sc3ccccc3)ccc21. The van der Waals surface area contributed by atoms with Crippen LogP contribution in [0.2, 0.25) is 0 Å². The maximum absolute atomic E-state index is 2.42. The predicted octanol–water partition coefficient (Wildman–Crippen LogP) is 6.19. The van der Waals surface area contributed by atoms with E-state index in [1.807, 2.05) is 11.8 Å². The largest absolute Gasteiger partial charge is 0.0901 e. The molecule has 0 fully saturated rings. The Morgan fingerprint density at radius 2 is 1.33 bits per heavy atom. The van der Waals surface area contributed by atoms with Gasteiger partial charge in [-0.15, -0.1) is 0 Å². The molecule has 3 rings (SSSR count). The van der Waals surface area contributed by atoms with E-state index in [-0.39, 0.29) is 5.41 Å². The molecule has 0 saturated heterocycles. The van der Waals surface area contributed by atoms with Crippen molar-refractivity contribution in [1.82, 2.24) is 0 Å². The molecule has 21 heavy (non-hydrogen) atoms. The van der Waals surface area contributed by atoms with Crippen molar-refractivity contribution in [2.75, 3.05) is 0 Å². The first-order valence-corrected chi connectivity index (χ1v) is 8.58. The van der Waals surface area contributed by atoms with Gasteiger partial charge in [0.2, 0.25) is 0 Å². The molecule has 0 atom stereocenters. The number of hydrogen-bond acceptors (Lipinski definition) is 1. The van der Waals surface area contributed by atoms with Crippen LogP contribution in [0.3, 0.4) is 0 Å². The highest BCUT2D eigenvalue weighted by Gasteiger charge is 2.36. The third kappa shape index (κ3) is 2.89. The summed E-state index contributed by atoms with van der Waals surface area (Å²) in [6, 6.07) is 17.7. The molecule has 2 aromatic rings. The summed E-state index contributed by atoms with van der Waals surface area (Å²) in [5.41, 5.74) is 3.68. The van der Waals surface area contributed by atoms with Crippen molar-refractivity contribution < 1.29 is 0 Å². The van der Waals surface area contributed by atoms with Crippen LogP contribution in [0.4, 0.5) is 0 Å². The first-order chi connectivity index (χ1) is 9.88. The first kappa shape index (κ1) is 14.7. The van der Waals surface area contributed by atoms with Crippen LogP contribution in [0, 0.1) is 0 Å². The zero-order valence-electron chi connectivity index (χ0n) is 13.4. The first-order valence-electron chi connectivity index (χ1n) is 7.76. The van der Waals surface area contributed by atoms with Crippen LogP contribution in [0.25, 0.3) is 0 Å². The molecule has 2 aromatic carbocycles. The van der Waals surface area contributed by atoms with Crippen LogP contribution in [-0.2, 0) is 10.8 Å². The summed E-state index contributed by atoms with van der Waals surface area (Å²) in [5, 5.41) is 0. The normalized spacial score (nSPS) is 19.0. The lowest BCUT2D eigenvalue weighted by atomic mass is 9.63. The second kappa shape index (κ2) is 5.21. The fourth-order valence-corrected chi connectivity index (χ4v) is 4.13. The zero-order chi connectivity index (χ0) is 15.1. The van der Waals surface area contributed by atoms with Gasteiger partial charge in [-0.05, 0) is 59.1 Å². The second-order valence-electron chi connectivity index (χ2n) is 7.39. The van der Waals surface area contributed by atoms with Crippen molar-refractivity contribution in [3.8, 4) is 0 Å². The van der Waals surface area contributed by atoms with Crippen LogP contribution in [-0.4, -0.2) is 0 Å². The van der Waals surface area contributed by atoms with Gasteiger partial charge in [-0.25, -0.2) is 0 Å². The van der Waals surface area contributed by atoms with Gasteiger partial charge in [0, 0.05) is 9.79 Å². The third-order valence-electron chi connectivity index (χ3n) is 4.80. The van der Waals surface area contributed by atoms with E-state index in [1.54, 1.807) is 5.56 Å². The molecule has 0 N–H and O–H groups in total. The maximum atomic E-state index is 2.42. The number of fused-ring (bicyclic) bond motifs is 1. The lowest BCUT2D eigenvalue weighted by Crippen LogP contribution is -2.33. The number of rotatable bonds is 2. The third-order valence-corrected chi connectivity index (χ3v) is 5.80. The maximum Gasteiger partial charge on any atom is 0.0125 e. The molecule has 0 amide bonds. The summed E-state index contributed by atoms with van der Waals surface area (Å²) in [5.74, 6) is 0. The quantitative estimate of drug-likeness (QED) is 0.637. The molecule has 0 radical (unpaired) electrons. The molecular formula is C20H24S. The lowest BCUT2D eigenvalue weighted by Gasteiger charge is -2.42. The monoisotopic (exact) mass is 296 g/mol.